The van der Waals surface area contributed by atoms with Crippen molar-refractivity contribution in [2.24, 2.45) is 5.73 Å². The molecule has 0 spiro atoms. The third-order valence-electron chi connectivity index (χ3n) is 3.38. The van der Waals surface area contributed by atoms with Gasteiger partial charge >= 0.3 is 0 Å². The first-order valence-electron chi connectivity index (χ1n) is 7.94. The fourth-order valence-electron chi connectivity index (χ4n) is 2.19. The molecule has 24 heavy (non-hydrogen) atoms. The molecule has 0 aromatic heterocycles. The summed E-state index contributed by atoms with van der Waals surface area (Å²) in [6, 6.07) is 21.4. The molecule has 2 nitrogen and oxygen atoms in total. The number of hydrogen-bond donors (Lipinski definition) is 2. The molecule has 2 aromatic rings. The number of hydrogen-bond acceptors (Lipinski definition) is 2. The first-order chi connectivity index (χ1) is 10.4. The zero-order valence-electron chi connectivity index (χ0n) is 15.2. The van der Waals surface area contributed by atoms with Crippen molar-refractivity contribution in [2.75, 3.05) is 7.05 Å². The Hall–Kier alpha value is -1.06. The number of rotatable bonds is 5. The van der Waals surface area contributed by atoms with Gasteiger partial charge in [0.2, 0.25) is 0 Å². The Morgan fingerprint density at radius 1 is 0.875 bits per heavy atom. The molecule has 2 rings (SSSR count). The third-order valence-corrected chi connectivity index (χ3v) is 3.38. The summed E-state index contributed by atoms with van der Waals surface area (Å²) in [6.45, 7) is 6.27. The van der Waals surface area contributed by atoms with E-state index in [1.54, 1.807) is 0 Å². The van der Waals surface area contributed by atoms with E-state index in [9.17, 15) is 0 Å². The summed E-state index contributed by atoms with van der Waals surface area (Å²) in [5.41, 5.74) is 8.47. The Kier molecular flexibility index (Phi) is 13.9. The van der Waals surface area contributed by atoms with Crippen LogP contribution in [0.2, 0.25) is 0 Å². The van der Waals surface area contributed by atoms with Gasteiger partial charge < -0.3 is 11.1 Å². The molecule has 0 unspecified atom stereocenters. The fourth-order valence-corrected chi connectivity index (χ4v) is 2.19. The van der Waals surface area contributed by atoms with Gasteiger partial charge in [-0.1, -0.05) is 60.7 Å². The number of nitrogens with one attached hydrogen (secondary N) is 1. The van der Waals surface area contributed by atoms with Gasteiger partial charge in [-0.25, -0.2) is 0 Å². The highest BCUT2D eigenvalue weighted by atomic mass is 35.5. The summed E-state index contributed by atoms with van der Waals surface area (Å²) in [4.78, 5) is 0. The van der Waals surface area contributed by atoms with Crippen LogP contribution in [0.5, 0.6) is 0 Å². The maximum absolute atomic E-state index is 5.87. The van der Waals surface area contributed by atoms with Gasteiger partial charge in [-0.2, -0.15) is 0 Å². The van der Waals surface area contributed by atoms with Crippen LogP contribution in [0.4, 0.5) is 0 Å². The lowest BCUT2D eigenvalue weighted by Crippen LogP contribution is -2.34. The molecular weight excluding hydrogens is 339 g/mol. The van der Waals surface area contributed by atoms with E-state index in [0.29, 0.717) is 6.04 Å². The summed E-state index contributed by atoms with van der Waals surface area (Å²) in [6.07, 6.45) is 2.05. The zero-order chi connectivity index (χ0) is 16.4. The Morgan fingerprint density at radius 2 is 1.29 bits per heavy atom. The molecule has 0 radical (unpaired) electrons. The van der Waals surface area contributed by atoms with E-state index in [0.717, 1.165) is 12.8 Å². The molecule has 3 N–H and O–H groups in total. The molecule has 1 atom stereocenters. The monoisotopic (exact) mass is 370 g/mol. The van der Waals surface area contributed by atoms with Gasteiger partial charge in [0.25, 0.3) is 0 Å². The van der Waals surface area contributed by atoms with Gasteiger partial charge in [0.1, 0.15) is 0 Å². The summed E-state index contributed by atoms with van der Waals surface area (Å²) in [5, 5.41) is 3.21. The number of halogens is 2. The average Bonchev–Trinajstić information content (AvgIpc) is 2.48. The molecule has 136 valence electrons. The van der Waals surface area contributed by atoms with Crippen LogP contribution in [0.1, 0.15) is 31.9 Å². The maximum Gasteiger partial charge on any atom is 0.0138 e. The zero-order valence-corrected chi connectivity index (χ0v) is 16.8. The average molecular weight is 371 g/mol. The highest BCUT2D eigenvalue weighted by Gasteiger charge is 2.10. The molecule has 0 saturated heterocycles. The van der Waals surface area contributed by atoms with Crippen molar-refractivity contribution in [3.05, 3.63) is 71.8 Å². The van der Waals surface area contributed by atoms with E-state index >= 15 is 0 Å². The van der Waals surface area contributed by atoms with Gasteiger partial charge in [0.05, 0.1) is 0 Å². The second kappa shape index (κ2) is 13.3. The van der Waals surface area contributed by atoms with Crippen LogP contribution in [0, 0.1) is 0 Å². The van der Waals surface area contributed by atoms with Crippen molar-refractivity contribution in [1.29, 1.82) is 0 Å². The second-order valence-electron chi connectivity index (χ2n) is 6.53. The molecule has 0 saturated carbocycles. The minimum absolute atomic E-state index is 0. The van der Waals surface area contributed by atoms with Crippen LogP contribution in [0.15, 0.2) is 60.7 Å². The van der Waals surface area contributed by atoms with Crippen LogP contribution in [-0.2, 0) is 12.8 Å². The molecule has 0 aliphatic rings. The third kappa shape index (κ3) is 12.4. The highest BCUT2D eigenvalue weighted by Crippen LogP contribution is 2.08. The Bertz CT molecular complexity index is 510. The molecule has 0 aliphatic carbocycles. The van der Waals surface area contributed by atoms with E-state index in [1.807, 2.05) is 45.2 Å². The van der Waals surface area contributed by atoms with Gasteiger partial charge in [-0.05, 0) is 51.8 Å². The largest absolute Gasteiger partial charge is 0.325 e. The van der Waals surface area contributed by atoms with Crippen LogP contribution < -0.4 is 11.1 Å². The van der Waals surface area contributed by atoms with E-state index < -0.39 is 0 Å². The molecule has 0 fully saturated rings. The van der Waals surface area contributed by atoms with Crippen LogP contribution >= 0.6 is 24.8 Å². The molecule has 0 heterocycles. The van der Waals surface area contributed by atoms with E-state index in [2.05, 4.69) is 48.6 Å². The lowest BCUT2D eigenvalue weighted by Gasteiger charge is -2.17. The lowest BCUT2D eigenvalue weighted by atomic mass is 9.96. The van der Waals surface area contributed by atoms with Gasteiger partial charge in [-0.15, -0.1) is 24.8 Å². The summed E-state index contributed by atoms with van der Waals surface area (Å²) < 4.78 is 0. The van der Waals surface area contributed by atoms with Gasteiger partial charge in [-0.3, -0.25) is 0 Å². The first-order valence-corrected chi connectivity index (χ1v) is 7.94. The topological polar surface area (TPSA) is 38.0 Å². The molecule has 2 aromatic carbocycles. The first kappa shape index (κ1) is 25.2. The SMILES string of the molecule is CC(C)(N)Cc1ccccc1.CN[C@@H](C)Cc1ccccc1.Cl.Cl. The number of likely N-dealkylation sites (N-methyl/N-ethyl adjacent to an activating group) is 1. The summed E-state index contributed by atoms with van der Waals surface area (Å²) in [7, 11) is 1.99. The fraction of sp³-hybridized carbons (Fsp3) is 0.400. The van der Waals surface area contributed by atoms with Crippen molar-refractivity contribution in [3.63, 3.8) is 0 Å². The van der Waals surface area contributed by atoms with Crippen molar-refractivity contribution in [2.45, 2.75) is 45.2 Å². The summed E-state index contributed by atoms with van der Waals surface area (Å²) in [5.74, 6) is 0. The minimum Gasteiger partial charge on any atom is -0.325 e. The smallest absolute Gasteiger partial charge is 0.0138 e. The van der Waals surface area contributed by atoms with Crippen LogP contribution in [0.25, 0.3) is 0 Å². The predicted octanol–water partition coefficient (Wildman–Crippen LogP) is 4.65. The van der Waals surface area contributed by atoms with Crippen molar-refractivity contribution < 1.29 is 0 Å². The van der Waals surface area contributed by atoms with E-state index in [4.69, 9.17) is 5.73 Å². The van der Waals surface area contributed by atoms with Gasteiger partial charge in [0.15, 0.2) is 0 Å². The lowest BCUT2D eigenvalue weighted by molar-refractivity contribution is 0.517. The van der Waals surface area contributed by atoms with Crippen molar-refractivity contribution in [1.82, 2.24) is 5.32 Å². The van der Waals surface area contributed by atoms with Crippen LogP contribution in [-0.4, -0.2) is 18.6 Å². The number of nitrogens with two attached hydrogens (primary N) is 1. The van der Waals surface area contributed by atoms with Crippen LogP contribution in [0.3, 0.4) is 0 Å². The van der Waals surface area contributed by atoms with Crippen molar-refractivity contribution in [3.8, 4) is 0 Å². The Morgan fingerprint density at radius 3 is 1.67 bits per heavy atom. The predicted molar refractivity (Wildman–Crippen MR) is 112 cm³/mol. The Balaban J connectivity index is 0. The highest BCUT2D eigenvalue weighted by molar-refractivity contribution is 5.85. The molecule has 4 heteroatoms. The normalized spacial score (nSPS) is 11.2. The quantitative estimate of drug-likeness (QED) is 0.803. The number of benzene rings is 2. The molecular formula is C20H32Cl2N2. The molecule has 0 aliphatic heterocycles. The minimum atomic E-state index is -0.0959. The second-order valence-corrected chi connectivity index (χ2v) is 6.53. The summed E-state index contributed by atoms with van der Waals surface area (Å²) >= 11 is 0. The maximum atomic E-state index is 5.87. The van der Waals surface area contributed by atoms with E-state index in [-0.39, 0.29) is 30.4 Å². The van der Waals surface area contributed by atoms with E-state index in [1.165, 1.54) is 11.1 Å². The molecule has 0 bridgehead atoms. The molecule has 0 amide bonds. The Labute approximate surface area is 160 Å². The van der Waals surface area contributed by atoms with Crippen molar-refractivity contribution >= 4 is 24.8 Å². The van der Waals surface area contributed by atoms with Gasteiger partial charge in [0, 0.05) is 11.6 Å². The standard InChI is InChI=1S/2C10H15N.2ClH/c1-10(2,11)8-9-6-4-3-5-7-9;1-9(11-2)8-10-6-4-3-5-7-10;;/h3-7H,8,11H2,1-2H3;3-7,9,11H,8H2,1-2H3;2*1H/t;9-;;/m.0../s1.